The van der Waals surface area contributed by atoms with E-state index in [0.29, 0.717) is 52.6 Å². The van der Waals surface area contributed by atoms with Crippen molar-refractivity contribution < 1.29 is 24.1 Å². The summed E-state index contributed by atoms with van der Waals surface area (Å²) in [6.07, 6.45) is 6.42. The van der Waals surface area contributed by atoms with E-state index in [2.05, 4.69) is 12.2 Å². The van der Waals surface area contributed by atoms with Crippen LogP contribution in [0.25, 0.3) is 0 Å². The van der Waals surface area contributed by atoms with E-state index in [4.69, 9.17) is 19.3 Å². The first-order valence-electron chi connectivity index (χ1n) is 8.42. The normalized spacial score (nSPS) is 10.8. The lowest BCUT2D eigenvalue weighted by atomic mass is 10.1. The van der Waals surface area contributed by atoms with Gasteiger partial charge in [0.1, 0.15) is 0 Å². The molecule has 0 saturated heterocycles. The SMILES string of the molecule is CCCCCCCC(=O)NCCOCCOCCOCCO. The number of unbranched alkanes of at least 4 members (excludes halogenated alkanes) is 4. The molecular weight excluding hydrogens is 286 g/mol. The monoisotopic (exact) mass is 319 g/mol. The summed E-state index contributed by atoms with van der Waals surface area (Å²) in [4.78, 5) is 11.5. The number of hydrogen-bond donors (Lipinski definition) is 2. The van der Waals surface area contributed by atoms with E-state index in [1.54, 1.807) is 0 Å². The van der Waals surface area contributed by atoms with Gasteiger partial charge in [-0.1, -0.05) is 32.6 Å². The molecule has 0 atom stereocenters. The van der Waals surface area contributed by atoms with Gasteiger partial charge in [-0.25, -0.2) is 0 Å². The van der Waals surface area contributed by atoms with Gasteiger partial charge < -0.3 is 24.6 Å². The second-order valence-electron chi connectivity index (χ2n) is 5.07. The molecule has 6 nitrogen and oxygen atoms in total. The second-order valence-corrected chi connectivity index (χ2v) is 5.07. The van der Waals surface area contributed by atoms with Crippen molar-refractivity contribution in [3.63, 3.8) is 0 Å². The Morgan fingerprint density at radius 3 is 2.09 bits per heavy atom. The van der Waals surface area contributed by atoms with Gasteiger partial charge in [-0.3, -0.25) is 4.79 Å². The minimum Gasteiger partial charge on any atom is -0.394 e. The van der Waals surface area contributed by atoms with Crippen molar-refractivity contribution in [3.05, 3.63) is 0 Å². The van der Waals surface area contributed by atoms with Crippen molar-refractivity contribution in [2.45, 2.75) is 45.4 Å². The zero-order chi connectivity index (χ0) is 16.3. The van der Waals surface area contributed by atoms with E-state index in [-0.39, 0.29) is 12.5 Å². The molecule has 0 aliphatic heterocycles. The highest BCUT2D eigenvalue weighted by molar-refractivity contribution is 5.75. The molecule has 0 aromatic carbocycles. The van der Waals surface area contributed by atoms with Gasteiger partial charge in [-0.05, 0) is 6.42 Å². The summed E-state index contributed by atoms with van der Waals surface area (Å²) in [6, 6.07) is 0. The Balaban J connectivity index is 3.10. The van der Waals surface area contributed by atoms with Crippen molar-refractivity contribution in [1.29, 1.82) is 0 Å². The van der Waals surface area contributed by atoms with Gasteiger partial charge in [-0.2, -0.15) is 0 Å². The van der Waals surface area contributed by atoms with Crippen molar-refractivity contribution in [2.24, 2.45) is 0 Å². The standard InChI is InChI=1S/C16H33NO5/c1-2-3-4-5-6-7-16(19)17-8-10-20-12-14-22-15-13-21-11-9-18/h18H,2-15H2,1H3,(H,17,19). The van der Waals surface area contributed by atoms with E-state index < -0.39 is 0 Å². The Labute approximate surface area is 134 Å². The molecule has 0 aliphatic carbocycles. The van der Waals surface area contributed by atoms with Gasteiger partial charge in [0.2, 0.25) is 5.91 Å². The van der Waals surface area contributed by atoms with Crippen molar-refractivity contribution in [1.82, 2.24) is 5.32 Å². The van der Waals surface area contributed by atoms with Crippen LogP contribution in [-0.2, 0) is 19.0 Å². The fourth-order valence-corrected chi connectivity index (χ4v) is 1.85. The highest BCUT2D eigenvalue weighted by Gasteiger charge is 2.00. The van der Waals surface area contributed by atoms with Gasteiger partial charge in [0.05, 0.1) is 46.2 Å². The maximum Gasteiger partial charge on any atom is 0.220 e. The fraction of sp³-hybridized carbons (Fsp3) is 0.938. The molecule has 6 heteroatoms. The van der Waals surface area contributed by atoms with Crippen LogP contribution in [0.2, 0.25) is 0 Å². The third-order valence-electron chi connectivity index (χ3n) is 3.06. The minimum atomic E-state index is 0.0353. The predicted octanol–water partition coefficient (Wildman–Crippen LogP) is 1.51. The molecular formula is C16H33NO5. The Morgan fingerprint density at radius 1 is 0.864 bits per heavy atom. The summed E-state index contributed by atoms with van der Waals surface area (Å²) in [7, 11) is 0. The summed E-state index contributed by atoms with van der Waals surface area (Å²) in [5.41, 5.74) is 0. The first-order valence-corrected chi connectivity index (χ1v) is 8.42. The van der Waals surface area contributed by atoms with E-state index in [9.17, 15) is 4.79 Å². The number of rotatable bonds is 17. The molecule has 2 N–H and O–H groups in total. The molecule has 0 radical (unpaired) electrons. The fourth-order valence-electron chi connectivity index (χ4n) is 1.85. The molecule has 0 rings (SSSR count). The van der Waals surface area contributed by atoms with Crippen LogP contribution in [0.15, 0.2) is 0 Å². The van der Waals surface area contributed by atoms with Crippen LogP contribution in [0, 0.1) is 0 Å². The van der Waals surface area contributed by atoms with Gasteiger partial charge in [0.25, 0.3) is 0 Å². The quantitative estimate of drug-likeness (QED) is 0.397. The van der Waals surface area contributed by atoms with Gasteiger partial charge in [-0.15, -0.1) is 0 Å². The summed E-state index contributed by atoms with van der Waals surface area (Å²) < 4.78 is 15.7. The molecule has 0 fully saturated rings. The number of aliphatic hydroxyl groups excluding tert-OH is 1. The zero-order valence-corrected chi connectivity index (χ0v) is 14.0. The highest BCUT2D eigenvalue weighted by Crippen LogP contribution is 2.04. The van der Waals surface area contributed by atoms with Gasteiger partial charge in [0, 0.05) is 13.0 Å². The number of hydrogen-bond acceptors (Lipinski definition) is 5. The van der Waals surface area contributed by atoms with E-state index in [1.807, 2.05) is 0 Å². The zero-order valence-electron chi connectivity index (χ0n) is 14.0. The third kappa shape index (κ3) is 17.4. The number of carbonyl (C=O) groups excluding carboxylic acids is 1. The average Bonchev–Trinajstić information content (AvgIpc) is 2.52. The lowest BCUT2D eigenvalue weighted by molar-refractivity contribution is -0.121. The van der Waals surface area contributed by atoms with Crippen molar-refractivity contribution in [3.8, 4) is 0 Å². The summed E-state index contributed by atoms with van der Waals surface area (Å²) in [5.74, 6) is 0.109. The molecule has 0 spiro atoms. The third-order valence-corrected chi connectivity index (χ3v) is 3.06. The number of carbonyl (C=O) groups is 1. The molecule has 0 unspecified atom stereocenters. The summed E-state index contributed by atoms with van der Waals surface area (Å²) in [5, 5.41) is 11.3. The Kier molecular flexibility index (Phi) is 17.8. The van der Waals surface area contributed by atoms with Crippen molar-refractivity contribution in [2.75, 3.05) is 52.8 Å². The lowest BCUT2D eigenvalue weighted by Crippen LogP contribution is -2.27. The molecule has 1 amide bonds. The van der Waals surface area contributed by atoms with Crippen LogP contribution >= 0.6 is 0 Å². The van der Waals surface area contributed by atoms with Crippen LogP contribution in [0.5, 0.6) is 0 Å². The molecule has 22 heavy (non-hydrogen) atoms. The van der Waals surface area contributed by atoms with Crippen LogP contribution in [0.4, 0.5) is 0 Å². The summed E-state index contributed by atoms with van der Waals surface area (Å²) in [6.45, 7) is 5.61. The molecule has 0 heterocycles. The molecule has 132 valence electrons. The maximum absolute atomic E-state index is 11.5. The number of ether oxygens (including phenoxy) is 3. The largest absolute Gasteiger partial charge is 0.394 e. The van der Waals surface area contributed by atoms with E-state index in [1.165, 1.54) is 19.3 Å². The number of aliphatic hydroxyl groups is 1. The van der Waals surface area contributed by atoms with Crippen LogP contribution in [-0.4, -0.2) is 63.8 Å². The Morgan fingerprint density at radius 2 is 1.45 bits per heavy atom. The Bertz CT molecular complexity index is 239. The highest BCUT2D eigenvalue weighted by atomic mass is 16.5. The van der Waals surface area contributed by atoms with Crippen LogP contribution in [0.3, 0.4) is 0 Å². The lowest BCUT2D eigenvalue weighted by Gasteiger charge is -2.07. The maximum atomic E-state index is 11.5. The van der Waals surface area contributed by atoms with Crippen molar-refractivity contribution >= 4 is 5.91 Å². The van der Waals surface area contributed by atoms with Gasteiger partial charge >= 0.3 is 0 Å². The molecule has 0 saturated carbocycles. The molecule has 0 aromatic heterocycles. The molecule has 0 aromatic rings. The van der Waals surface area contributed by atoms with Crippen LogP contribution in [0.1, 0.15) is 45.4 Å². The van der Waals surface area contributed by atoms with Crippen LogP contribution < -0.4 is 5.32 Å². The minimum absolute atomic E-state index is 0.0353. The van der Waals surface area contributed by atoms with E-state index in [0.717, 1.165) is 12.8 Å². The first kappa shape index (κ1) is 21.3. The number of nitrogens with one attached hydrogen (secondary N) is 1. The smallest absolute Gasteiger partial charge is 0.220 e. The molecule has 0 bridgehead atoms. The average molecular weight is 319 g/mol. The Hall–Kier alpha value is -0.690. The molecule has 0 aliphatic rings. The van der Waals surface area contributed by atoms with Gasteiger partial charge in [0.15, 0.2) is 0 Å². The first-order chi connectivity index (χ1) is 10.8. The topological polar surface area (TPSA) is 77.0 Å². The second kappa shape index (κ2) is 18.4. The predicted molar refractivity (Wildman–Crippen MR) is 85.9 cm³/mol. The summed E-state index contributed by atoms with van der Waals surface area (Å²) >= 11 is 0. The number of amides is 1. The van der Waals surface area contributed by atoms with E-state index >= 15 is 0 Å².